The zero-order valence-electron chi connectivity index (χ0n) is 9.80. The van der Waals surface area contributed by atoms with Crippen LogP contribution in [0, 0.1) is 10.1 Å². The fourth-order valence-electron chi connectivity index (χ4n) is 1.59. The van der Waals surface area contributed by atoms with E-state index in [-0.39, 0.29) is 12.3 Å². The van der Waals surface area contributed by atoms with Crippen LogP contribution in [0.25, 0.3) is 0 Å². The van der Waals surface area contributed by atoms with Crippen molar-refractivity contribution in [2.24, 2.45) is 0 Å². The average molecular weight is 327 g/mol. The number of aliphatic hydroxyl groups excluding tert-OH is 1. The van der Waals surface area contributed by atoms with Crippen molar-refractivity contribution in [1.82, 2.24) is 0 Å². The molecule has 0 aliphatic heterocycles. The van der Waals surface area contributed by atoms with Crippen LogP contribution in [0.1, 0.15) is 11.5 Å². The number of furan rings is 1. The van der Waals surface area contributed by atoms with Crippen LogP contribution < -0.4 is 5.32 Å². The Morgan fingerprint density at radius 1 is 1.32 bits per heavy atom. The molecule has 1 heterocycles. The molecule has 1 aromatic carbocycles. The first-order valence-electron chi connectivity index (χ1n) is 5.46. The Kier molecular flexibility index (Phi) is 4.18. The van der Waals surface area contributed by atoms with Gasteiger partial charge in [-0.15, -0.1) is 0 Å². The van der Waals surface area contributed by atoms with E-state index in [1.165, 1.54) is 6.07 Å². The predicted molar refractivity (Wildman–Crippen MR) is 72.8 cm³/mol. The van der Waals surface area contributed by atoms with Gasteiger partial charge < -0.3 is 14.8 Å². The van der Waals surface area contributed by atoms with Gasteiger partial charge in [-0.25, -0.2) is 0 Å². The van der Waals surface area contributed by atoms with Crippen LogP contribution in [0.15, 0.2) is 39.2 Å². The molecule has 0 radical (unpaired) electrons. The van der Waals surface area contributed by atoms with Gasteiger partial charge in [0, 0.05) is 10.5 Å². The van der Waals surface area contributed by atoms with E-state index in [0.717, 1.165) is 0 Å². The fourth-order valence-corrected chi connectivity index (χ4v) is 1.94. The van der Waals surface area contributed by atoms with Crippen LogP contribution in [0.2, 0.25) is 0 Å². The van der Waals surface area contributed by atoms with E-state index in [0.29, 0.717) is 28.2 Å². The number of benzene rings is 1. The number of anilines is 1. The van der Waals surface area contributed by atoms with Crippen LogP contribution in [0.3, 0.4) is 0 Å². The summed E-state index contributed by atoms with van der Waals surface area (Å²) in [6.45, 7) is 0.140. The van der Waals surface area contributed by atoms with Crippen molar-refractivity contribution in [3.63, 3.8) is 0 Å². The Bertz CT molecular complexity index is 597. The van der Waals surface area contributed by atoms with E-state index in [9.17, 15) is 10.1 Å². The minimum absolute atomic E-state index is 0.0108. The molecule has 0 saturated carbocycles. The molecular formula is C12H11BrN2O4. The Hall–Kier alpha value is -1.86. The van der Waals surface area contributed by atoms with E-state index in [1.54, 1.807) is 24.3 Å². The molecule has 19 heavy (non-hydrogen) atoms. The second-order valence-electron chi connectivity index (χ2n) is 3.80. The summed E-state index contributed by atoms with van der Waals surface area (Å²) in [7, 11) is 0. The molecule has 7 heteroatoms. The predicted octanol–water partition coefficient (Wildman–Crippen LogP) is 3.05. The number of nitrogens with one attached hydrogen (secondary N) is 1. The quantitative estimate of drug-likeness (QED) is 0.651. The minimum Gasteiger partial charge on any atom is -0.462 e. The molecule has 2 aromatic rings. The summed E-state index contributed by atoms with van der Waals surface area (Å²) in [4.78, 5) is 10.5. The SMILES string of the molecule is O=[N+]([O-])c1cc(Br)ccc1NCc1ccc(CO)o1. The highest BCUT2D eigenvalue weighted by molar-refractivity contribution is 9.10. The van der Waals surface area contributed by atoms with Gasteiger partial charge in [0.25, 0.3) is 5.69 Å². The third-order valence-corrected chi connectivity index (χ3v) is 2.98. The van der Waals surface area contributed by atoms with Gasteiger partial charge in [0.15, 0.2) is 0 Å². The van der Waals surface area contributed by atoms with E-state index >= 15 is 0 Å². The van der Waals surface area contributed by atoms with Gasteiger partial charge in [-0.3, -0.25) is 10.1 Å². The number of hydrogen-bond acceptors (Lipinski definition) is 5. The third kappa shape index (κ3) is 3.33. The smallest absolute Gasteiger partial charge is 0.293 e. The van der Waals surface area contributed by atoms with Crippen molar-refractivity contribution in [2.75, 3.05) is 5.32 Å². The summed E-state index contributed by atoms with van der Waals surface area (Å²) in [6, 6.07) is 8.15. The van der Waals surface area contributed by atoms with Crippen molar-refractivity contribution >= 4 is 27.3 Å². The number of halogens is 1. The third-order valence-electron chi connectivity index (χ3n) is 2.48. The van der Waals surface area contributed by atoms with Crippen molar-refractivity contribution in [2.45, 2.75) is 13.2 Å². The number of nitrogens with zero attached hydrogens (tertiary/aromatic N) is 1. The topological polar surface area (TPSA) is 88.5 Å². The molecule has 2 N–H and O–H groups in total. The van der Waals surface area contributed by atoms with Gasteiger partial charge in [-0.2, -0.15) is 0 Å². The lowest BCUT2D eigenvalue weighted by Crippen LogP contribution is -2.01. The van der Waals surface area contributed by atoms with Crippen LogP contribution in [-0.2, 0) is 13.2 Å². The highest BCUT2D eigenvalue weighted by Crippen LogP contribution is 2.28. The van der Waals surface area contributed by atoms with Crippen molar-refractivity contribution in [1.29, 1.82) is 0 Å². The zero-order chi connectivity index (χ0) is 13.8. The first kappa shape index (κ1) is 13.6. The standard InChI is InChI=1S/C12H11BrN2O4/c13-8-1-4-11(12(5-8)15(17)18)14-6-9-2-3-10(7-16)19-9/h1-5,14,16H,6-7H2. The molecule has 0 amide bonds. The summed E-state index contributed by atoms with van der Waals surface area (Å²) >= 11 is 3.19. The molecule has 0 atom stereocenters. The molecule has 100 valence electrons. The van der Waals surface area contributed by atoms with Gasteiger partial charge in [0.05, 0.1) is 11.5 Å². The Labute approximate surface area is 117 Å². The van der Waals surface area contributed by atoms with Crippen molar-refractivity contribution in [3.05, 3.63) is 56.4 Å². The summed E-state index contributed by atoms with van der Waals surface area (Å²) < 4.78 is 5.93. The molecule has 2 rings (SSSR count). The molecule has 0 spiro atoms. The van der Waals surface area contributed by atoms with Crippen LogP contribution in [-0.4, -0.2) is 10.0 Å². The Morgan fingerprint density at radius 3 is 2.68 bits per heavy atom. The summed E-state index contributed by atoms with van der Waals surface area (Å²) in [5, 5.41) is 22.7. The number of aliphatic hydroxyl groups is 1. The summed E-state index contributed by atoms with van der Waals surface area (Å²) in [5.41, 5.74) is 0.401. The molecule has 0 unspecified atom stereocenters. The summed E-state index contributed by atoms with van der Waals surface area (Å²) in [5.74, 6) is 1.06. The monoisotopic (exact) mass is 326 g/mol. The van der Waals surface area contributed by atoms with E-state index in [2.05, 4.69) is 21.2 Å². The second kappa shape index (κ2) is 5.85. The maximum atomic E-state index is 10.9. The van der Waals surface area contributed by atoms with Crippen molar-refractivity contribution in [3.8, 4) is 0 Å². The molecule has 6 nitrogen and oxygen atoms in total. The van der Waals surface area contributed by atoms with Gasteiger partial charge in [-0.05, 0) is 24.3 Å². The lowest BCUT2D eigenvalue weighted by atomic mass is 10.2. The molecule has 0 aliphatic rings. The lowest BCUT2D eigenvalue weighted by molar-refractivity contribution is -0.384. The number of nitro benzene ring substituents is 1. The molecule has 0 saturated heterocycles. The highest BCUT2D eigenvalue weighted by atomic mass is 79.9. The molecular weight excluding hydrogens is 316 g/mol. The first-order chi connectivity index (χ1) is 9.10. The Morgan fingerprint density at radius 2 is 2.05 bits per heavy atom. The van der Waals surface area contributed by atoms with Crippen LogP contribution in [0.5, 0.6) is 0 Å². The maximum absolute atomic E-state index is 10.9. The molecule has 1 aromatic heterocycles. The molecule has 0 fully saturated rings. The zero-order valence-corrected chi connectivity index (χ0v) is 11.4. The van der Waals surface area contributed by atoms with E-state index in [1.807, 2.05) is 0 Å². The lowest BCUT2D eigenvalue weighted by Gasteiger charge is -2.05. The molecule has 0 aliphatic carbocycles. The van der Waals surface area contributed by atoms with E-state index < -0.39 is 4.92 Å². The number of hydrogen-bond donors (Lipinski definition) is 2. The number of rotatable bonds is 5. The van der Waals surface area contributed by atoms with Gasteiger partial charge in [0.1, 0.15) is 23.8 Å². The van der Waals surface area contributed by atoms with Gasteiger partial charge in [-0.1, -0.05) is 15.9 Å². The largest absolute Gasteiger partial charge is 0.462 e. The maximum Gasteiger partial charge on any atom is 0.293 e. The average Bonchev–Trinajstić information content (AvgIpc) is 2.85. The second-order valence-corrected chi connectivity index (χ2v) is 4.71. The normalized spacial score (nSPS) is 10.4. The Balaban J connectivity index is 2.12. The number of nitro groups is 1. The van der Waals surface area contributed by atoms with Crippen LogP contribution >= 0.6 is 15.9 Å². The highest BCUT2D eigenvalue weighted by Gasteiger charge is 2.14. The minimum atomic E-state index is -0.450. The summed E-state index contributed by atoms with van der Waals surface area (Å²) in [6.07, 6.45) is 0. The van der Waals surface area contributed by atoms with Gasteiger partial charge >= 0.3 is 0 Å². The molecule has 0 bridgehead atoms. The van der Waals surface area contributed by atoms with Crippen LogP contribution in [0.4, 0.5) is 11.4 Å². The van der Waals surface area contributed by atoms with Gasteiger partial charge in [0.2, 0.25) is 0 Å². The first-order valence-corrected chi connectivity index (χ1v) is 6.25. The van der Waals surface area contributed by atoms with Crippen molar-refractivity contribution < 1.29 is 14.4 Å². The fraction of sp³-hybridized carbons (Fsp3) is 0.167. The van der Waals surface area contributed by atoms with E-state index in [4.69, 9.17) is 9.52 Å².